The average molecular weight is 736 g/mol. The summed E-state index contributed by atoms with van der Waals surface area (Å²) in [5.41, 5.74) is 9.85. The van der Waals surface area contributed by atoms with Gasteiger partial charge in [0.15, 0.2) is 0 Å². The molecule has 280 valence electrons. The maximum Gasteiger partial charge on any atom is 0.243 e. The van der Waals surface area contributed by atoms with Crippen LogP contribution in [0.5, 0.6) is 17.4 Å². The van der Waals surface area contributed by atoms with Crippen molar-refractivity contribution in [3.8, 4) is 28.6 Å². The Balaban J connectivity index is 0.790. The maximum atomic E-state index is 12.4. The number of hydrogen-bond acceptors (Lipinski definition) is 9. The molecule has 0 aliphatic carbocycles. The van der Waals surface area contributed by atoms with Crippen LogP contribution in [0.25, 0.3) is 22.4 Å². The molecular formula is C45H45N5O5. The lowest BCUT2D eigenvalue weighted by atomic mass is 9.88. The summed E-state index contributed by atoms with van der Waals surface area (Å²) >= 11 is 0. The standard InChI is InChI=1S/C45H45N5O5/c1-2-39(31-6-4-3-5-7-31)44(32-10-14-37(51)15-11-32)33-12-16-38(17-13-33)54-21-20-49-25-30(26-49)29-55-43-24-46-40(23-47-43)34-8-9-35-27-50(28-36(35)22-34)41-18-19-42(52)48-45(41)53/h3-17,22-24,30,41,51H,2,18-21,25-29H2,1H3,(H,48,52,53). The molecule has 3 aliphatic rings. The number of nitrogens with one attached hydrogen (secondary N) is 1. The third-order valence-corrected chi connectivity index (χ3v) is 10.8. The zero-order chi connectivity index (χ0) is 37.7. The highest BCUT2D eigenvalue weighted by Gasteiger charge is 2.35. The van der Waals surface area contributed by atoms with E-state index in [0.717, 1.165) is 59.8 Å². The van der Waals surface area contributed by atoms with Crippen LogP contribution in [0, 0.1) is 5.92 Å². The molecule has 10 nitrogen and oxygen atoms in total. The summed E-state index contributed by atoms with van der Waals surface area (Å²) in [6, 6.07) is 32.2. The zero-order valence-electron chi connectivity index (χ0n) is 31.0. The predicted molar refractivity (Wildman–Crippen MR) is 211 cm³/mol. The Labute approximate surface area is 321 Å². The minimum absolute atomic E-state index is 0.192. The minimum Gasteiger partial charge on any atom is -0.508 e. The van der Waals surface area contributed by atoms with Crippen LogP contribution in [0.4, 0.5) is 0 Å². The Morgan fingerprint density at radius 3 is 2.29 bits per heavy atom. The molecule has 55 heavy (non-hydrogen) atoms. The molecule has 2 fully saturated rings. The number of fused-ring (bicyclic) bond motifs is 1. The number of nitrogens with zero attached hydrogens (tertiary/aromatic N) is 4. The Hall–Kier alpha value is -5.84. The Kier molecular flexibility index (Phi) is 10.7. The lowest BCUT2D eigenvalue weighted by molar-refractivity contribution is -0.137. The average Bonchev–Trinajstić information content (AvgIpc) is 3.62. The molecule has 10 heteroatoms. The Morgan fingerprint density at radius 1 is 0.836 bits per heavy atom. The van der Waals surface area contributed by atoms with Gasteiger partial charge in [0.25, 0.3) is 0 Å². The number of allylic oxidation sites excluding steroid dienone is 1. The zero-order valence-corrected chi connectivity index (χ0v) is 31.0. The van der Waals surface area contributed by atoms with E-state index in [2.05, 4.69) is 80.5 Å². The molecule has 0 radical (unpaired) electrons. The lowest BCUT2D eigenvalue weighted by Crippen LogP contribution is -2.50. The molecule has 8 rings (SSSR count). The van der Waals surface area contributed by atoms with Gasteiger partial charge in [0, 0.05) is 50.6 Å². The number of ether oxygens (including phenoxy) is 2. The second-order valence-corrected chi connectivity index (χ2v) is 14.5. The number of carbonyl (C=O) groups excluding carboxylic acids is 2. The molecule has 1 unspecified atom stereocenters. The largest absolute Gasteiger partial charge is 0.508 e. The summed E-state index contributed by atoms with van der Waals surface area (Å²) in [5, 5.41) is 12.4. The number of imide groups is 1. The number of aromatic hydroxyl groups is 1. The van der Waals surface area contributed by atoms with Gasteiger partial charge in [-0.25, -0.2) is 9.97 Å². The predicted octanol–water partition coefficient (Wildman–Crippen LogP) is 6.73. The highest BCUT2D eigenvalue weighted by atomic mass is 16.5. The fourth-order valence-corrected chi connectivity index (χ4v) is 7.86. The number of phenolic OH excluding ortho intramolecular Hbond substituents is 1. The van der Waals surface area contributed by atoms with Gasteiger partial charge in [-0.15, -0.1) is 0 Å². The van der Waals surface area contributed by atoms with Crippen LogP contribution in [-0.2, 0) is 22.7 Å². The van der Waals surface area contributed by atoms with E-state index in [9.17, 15) is 14.7 Å². The van der Waals surface area contributed by atoms with Crippen LogP contribution in [0.2, 0.25) is 0 Å². The first-order chi connectivity index (χ1) is 26.9. The van der Waals surface area contributed by atoms with Gasteiger partial charge in [-0.1, -0.05) is 73.7 Å². The molecule has 5 aromatic rings. The van der Waals surface area contributed by atoms with Crippen LogP contribution < -0.4 is 14.8 Å². The van der Waals surface area contributed by atoms with Crippen LogP contribution in [0.15, 0.2) is 109 Å². The summed E-state index contributed by atoms with van der Waals surface area (Å²) < 4.78 is 12.1. The van der Waals surface area contributed by atoms with Gasteiger partial charge < -0.3 is 14.6 Å². The fraction of sp³-hybridized carbons (Fsp3) is 0.289. The van der Waals surface area contributed by atoms with Gasteiger partial charge in [-0.05, 0) is 82.1 Å². The molecule has 3 aliphatic heterocycles. The maximum absolute atomic E-state index is 12.4. The van der Waals surface area contributed by atoms with Crippen molar-refractivity contribution in [2.45, 2.75) is 45.3 Å². The molecule has 2 saturated heterocycles. The molecule has 2 amide bonds. The number of benzene rings is 4. The molecule has 4 heterocycles. The highest BCUT2D eigenvalue weighted by Crippen LogP contribution is 2.36. The van der Waals surface area contributed by atoms with Crippen molar-refractivity contribution in [1.82, 2.24) is 25.1 Å². The van der Waals surface area contributed by atoms with Crippen molar-refractivity contribution in [3.63, 3.8) is 0 Å². The smallest absolute Gasteiger partial charge is 0.243 e. The Morgan fingerprint density at radius 2 is 1.58 bits per heavy atom. The number of phenols is 1. The van der Waals surface area contributed by atoms with E-state index in [4.69, 9.17) is 9.47 Å². The van der Waals surface area contributed by atoms with Crippen LogP contribution in [0.1, 0.15) is 54.0 Å². The number of aromatic nitrogens is 2. The van der Waals surface area contributed by atoms with Gasteiger partial charge >= 0.3 is 0 Å². The number of piperidine rings is 1. The first-order valence-corrected chi connectivity index (χ1v) is 19.1. The highest BCUT2D eigenvalue weighted by molar-refractivity contribution is 6.00. The van der Waals surface area contributed by atoms with Gasteiger partial charge in [-0.2, -0.15) is 0 Å². The molecule has 0 bridgehead atoms. The summed E-state index contributed by atoms with van der Waals surface area (Å²) in [7, 11) is 0. The van der Waals surface area contributed by atoms with E-state index in [1.54, 1.807) is 24.5 Å². The number of amides is 2. The van der Waals surface area contributed by atoms with Crippen molar-refractivity contribution < 1.29 is 24.2 Å². The first kappa shape index (κ1) is 36.2. The number of likely N-dealkylation sites (tertiary alicyclic amines) is 1. The van der Waals surface area contributed by atoms with Crippen molar-refractivity contribution in [2.24, 2.45) is 5.92 Å². The van der Waals surface area contributed by atoms with Crippen LogP contribution in [0.3, 0.4) is 0 Å². The van der Waals surface area contributed by atoms with Crippen LogP contribution in [-0.4, -0.2) is 75.6 Å². The third-order valence-electron chi connectivity index (χ3n) is 10.8. The lowest BCUT2D eigenvalue weighted by Gasteiger charge is -2.38. The van der Waals surface area contributed by atoms with E-state index >= 15 is 0 Å². The van der Waals surface area contributed by atoms with Gasteiger partial charge in [-0.3, -0.25) is 24.7 Å². The third kappa shape index (κ3) is 8.30. The van der Waals surface area contributed by atoms with E-state index in [0.29, 0.717) is 50.9 Å². The van der Waals surface area contributed by atoms with Crippen molar-refractivity contribution >= 4 is 23.0 Å². The van der Waals surface area contributed by atoms with E-state index in [1.165, 1.54) is 22.3 Å². The van der Waals surface area contributed by atoms with Gasteiger partial charge in [0.1, 0.15) is 18.1 Å². The van der Waals surface area contributed by atoms with E-state index < -0.39 is 0 Å². The van der Waals surface area contributed by atoms with E-state index in [-0.39, 0.29) is 23.6 Å². The SMILES string of the molecule is CCC(=C(c1ccc(O)cc1)c1ccc(OCCN2CC(COc3cnc(-c4ccc5c(c4)CN(C4CCC(=O)NC4=O)C5)cn3)C2)cc1)c1ccccc1. The topological polar surface area (TPSA) is 117 Å². The summed E-state index contributed by atoms with van der Waals surface area (Å²) in [6.45, 7) is 7.45. The molecule has 1 aromatic heterocycles. The van der Waals surface area contributed by atoms with Gasteiger partial charge in [0.05, 0.1) is 30.7 Å². The minimum atomic E-state index is -0.277. The molecule has 4 aromatic carbocycles. The first-order valence-electron chi connectivity index (χ1n) is 19.1. The van der Waals surface area contributed by atoms with Crippen molar-refractivity contribution in [1.29, 1.82) is 0 Å². The van der Waals surface area contributed by atoms with Crippen LogP contribution >= 0.6 is 0 Å². The number of carbonyl (C=O) groups is 2. The monoisotopic (exact) mass is 735 g/mol. The molecule has 1 atom stereocenters. The quantitative estimate of drug-likeness (QED) is 0.100. The van der Waals surface area contributed by atoms with Gasteiger partial charge in [0.2, 0.25) is 17.7 Å². The van der Waals surface area contributed by atoms with Crippen molar-refractivity contribution in [3.05, 3.63) is 137 Å². The second kappa shape index (κ2) is 16.3. The second-order valence-electron chi connectivity index (χ2n) is 14.5. The molecule has 0 saturated carbocycles. The number of hydrogen-bond donors (Lipinski definition) is 2. The Bertz CT molecular complexity index is 2170. The normalized spacial score (nSPS) is 17.9. The summed E-state index contributed by atoms with van der Waals surface area (Å²) in [5.74, 6) is 1.63. The molecule has 0 spiro atoms. The summed E-state index contributed by atoms with van der Waals surface area (Å²) in [4.78, 5) is 37.6. The van der Waals surface area contributed by atoms with E-state index in [1.807, 2.05) is 36.4 Å². The molecule has 2 N–H and O–H groups in total. The number of rotatable bonds is 13. The van der Waals surface area contributed by atoms with Crippen molar-refractivity contribution in [2.75, 3.05) is 32.8 Å². The summed E-state index contributed by atoms with van der Waals surface area (Å²) in [6.07, 6.45) is 5.23. The fourth-order valence-electron chi connectivity index (χ4n) is 7.86. The molecular weight excluding hydrogens is 691 g/mol.